The molecule has 45 heavy (non-hydrogen) atoms. The summed E-state index contributed by atoms with van der Waals surface area (Å²) >= 11 is 0. The first kappa shape index (κ1) is 31.8. The maximum atomic E-state index is 16.2. The number of hydrogen-bond donors (Lipinski definition) is 1. The van der Waals surface area contributed by atoms with E-state index in [9.17, 15) is 8.78 Å². The Balaban J connectivity index is 1.50. The SMILES string of the molecule is CCc1cc(C)cc(CC)c1NC(C)c1cccc(C(C)N(C)c2c(F)cc(-c3ccc(F)cc3)cc2-c2ccc(F)cc2)n1. The highest BCUT2D eigenvalue weighted by atomic mass is 19.1. The van der Waals surface area contributed by atoms with Crippen molar-refractivity contribution in [3.8, 4) is 22.3 Å². The Bertz CT molecular complexity index is 1760. The number of nitrogens with one attached hydrogen (secondary N) is 1. The van der Waals surface area contributed by atoms with Gasteiger partial charge in [-0.15, -0.1) is 0 Å². The Kier molecular flexibility index (Phi) is 9.62. The van der Waals surface area contributed by atoms with Gasteiger partial charge in [0, 0.05) is 18.3 Å². The van der Waals surface area contributed by atoms with Crippen molar-refractivity contribution in [2.45, 2.75) is 59.5 Å². The number of benzene rings is 4. The predicted molar refractivity (Wildman–Crippen MR) is 180 cm³/mol. The maximum absolute atomic E-state index is 16.2. The summed E-state index contributed by atoms with van der Waals surface area (Å²) in [5.74, 6) is -1.17. The Morgan fingerprint density at radius 3 is 1.84 bits per heavy atom. The van der Waals surface area contributed by atoms with Crippen LogP contribution in [0.1, 0.15) is 67.9 Å². The van der Waals surface area contributed by atoms with Crippen LogP contribution in [0.5, 0.6) is 0 Å². The van der Waals surface area contributed by atoms with Crippen LogP contribution in [0, 0.1) is 24.4 Å². The van der Waals surface area contributed by atoms with Gasteiger partial charge in [-0.2, -0.15) is 0 Å². The van der Waals surface area contributed by atoms with Crippen molar-refractivity contribution in [3.63, 3.8) is 0 Å². The molecule has 5 rings (SSSR count). The van der Waals surface area contributed by atoms with Gasteiger partial charge in [0.15, 0.2) is 0 Å². The zero-order valence-electron chi connectivity index (χ0n) is 26.8. The minimum Gasteiger partial charge on any atom is -0.377 e. The molecule has 0 spiro atoms. The largest absolute Gasteiger partial charge is 0.377 e. The van der Waals surface area contributed by atoms with Crippen LogP contribution in [0.3, 0.4) is 0 Å². The quantitative estimate of drug-likeness (QED) is 0.171. The second kappa shape index (κ2) is 13.6. The summed E-state index contributed by atoms with van der Waals surface area (Å²) in [6.07, 6.45) is 1.86. The molecule has 0 aliphatic rings. The molecule has 5 aromatic rings. The lowest BCUT2D eigenvalue weighted by atomic mass is 9.95. The van der Waals surface area contributed by atoms with Crippen molar-refractivity contribution in [2.75, 3.05) is 17.3 Å². The number of nitrogens with zero attached hydrogens (tertiary/aromatic N) is 2. The van der Waals surface area contributed by atoms with Crippen LogP contribution in [0.4, 0.5) is 24.5 Å². The van der Waals surface area contributed by atoms with Gasteiger partial charge in [0.25, 0.3) is 0 Å². The molecule has 0 radical (unpaired) electrons. The van der Waals surface area contributed by atoms with Crippen molar-refractivity contribution in [1.82, 2.24) is 4.98 Å². The van der Waals surface area contributed by atoms with Crippen molar-refractivity contribution >= 4 is 11.4 Å². The summed E-state index contributed by atoms with van der Waals surface area (Å²) in [7, 11) is 1.84. The van der Waals surface area contributed by atoms with E-state index in [-0.39, 0.29) is 23.7 Å². The molecule has 0 saturated heterocycles. The van der Waals surface area contributed by atoms with Crippen LogP contribution >= 0.6 is 0 Å². The summed E-state index contributed by atoms with van der Waals surface area (Å²) in [4.78, 5) is 6.92. The molecule has 0 bridgehead atoms. The first-order valence-corrected chi connectivity index (χ1v) is 15.5. The van der Waals surface area contributed by atoms with Crippen LogP contribution in [0.15, 0.2) is 91.0 Å². The van der Waals surface area contributed by atoms with Gasteiger partial charge in [0.05, 0.1) is 29.2 Å². The molecule has 0 aliphatic carbocycles. The molecular formula is C39H40F3N3. The standard InChI is InChI=1S/C39H40F3N3/c1-7-27-20-24(3)21-28(8-2)38(27)43-25(4)36-10-9-11-37(44-36)26(5)45(6)39-34(30-14-18-33(41)19-15-30)22-31(23-35(39)42)29-12-16-32(40)17-13-29/h9-23,25-26,43H,7-8H2,1-6H3. The van der Waals surface area contributed by atoms with Crippen LogP contribution in [0.25, 0.3) is 22.3 Å². The van der Waals surface area contributed by atoms with Gasteiger partial charge in [0.1, 0.15) is 17.5 Å². The summed E-state index contributed by atoms with van der Waals surface area (Å²) in [6.45, 7) is 10.6. The van der Waals surface area contributed by atoms with E-state index in [4.69, 9.17) is 4.98 Å². The molecule has 2 atom stereocenters. The van der Waals surface area contributed by atoms with Crippen molar-refractivity contribution < 1.29 is 13.2 Å². The number of hydrogen-bond acceptors (Lipinski definition) is 3. The molecule has 3 nitrogen and oxygen atoms in total. The van der Waals surface area contributed by atoms with Crippen LogP contribution in [0.2, 0.25) is 0 Å². The van der Waals surface area contributed by atoms with Gasteiger partial charge >= 0.3 is 0 Å². The summed E-state index contributed by atoms with van der Waals surface area (Å²) in [5.41, 5.74) is 9.63. The highest BCUT2D eigenvalue weighted by molar-refractivity contribution is 5.84. The number of rotatable bonds is 10. The predicted octanol–water partition coefficient (Wildman–Crippen LogP) is 10.6. The van der Waals surface area contributed by atoms with E-state index in [1.54, 1.807) is 24.3 Å². The minimum absolute atomic E-state index is 0.0535. The second-order valence-electron chi connectivity index (χ2n) is 11.7. The fraction of sp³-hybridized carbons (Fsp3) is 0.256. The number of anilines is 2. The topological polar surface area (TPSA) is 28.2 Å². The third-order valence-corrected chi connectivity index (χ3v) is 8.56. The average molecular weight is 608 g/mol. The van der Waals surface area contributed by atoms with Crippen molar-refractivity contribution in [1.29, 1.82) is 0 Å². The molecule has 2 unspecified atom stereocenters. The maximum Gasteiger partial charge on any atom is 0.147 e. The molecule has 6 heteroatoms. The van der Waals surface area contributed by atoms with E-state index < -0.39 is 5.82 Å². The molecule has 0 saturated carbocycles. The van der Waals surface area contributed by atoms with E-state index in [2.05, 4.69) is 45.1 Å². The first-order valence-electron chi connectivity index (χ1n) is 15.5. The van der Waals surface area contributed by atoms with Gasteiger partial charge in [-0.3, -0.25) is 4.98 Å². The Labute approximate surface area is 264 Å². The molecule has 0 aliphatic heterocycles. The molecular weight excluding hydrogens is 567 g/mol. The lowest BCUT2D eigenvalue weighted by molar-refractivity contribution is 0.609. The second-order valence-corrected chi connectivity index (χ2v) is 11.7. The number of pyridine rings is 1. The fourth-order valence-electron chi connectivity index (χ4n) is 5.93. The molecule has 1 heterocycles. The number of aryl methyl sites for hydroxylation is 3. The van der Waals surface area contributed by atoms with Gasteiger partial charge in [-0.05, 0) is 110 Å². The molecule has 1 N–H and O–H groups in total. The van der Waals surface area contributed by atoms with E-state index >= 15 is 4.39 Å². The number of halogens is 3. The highest BCUT2D eigenvalue weighted by Gasteiger charge is 2.23. The summed E-state index contributed by atoms with van der Waals surface area (Å²) < 4.78 is 43.7. The first-order chi connectivity index (χ1) is 21.6. The highest BCUT2D eigenvalue weighted by Crippen LogP contribution is 2.40. The van der Waals surface area contributed by atoms with E-state index in [0.717, 1.165) is 24.2 Å². The molecule has 1 aromatic heterocycles. The van der Waals surface area contributed by atoms with Gasteiger partial charge in [-0.1, -0.05) is 61.9 Å². The molecule has 4 aromatic carbocycles. The smallest absolute Gasteiger partial charge is 0.147 e. The van der Waals surface area contributed by atoms with Crippen molar-refractivity contribution in [3.05, 3.63) is 137 Å². The fourth-order valence-corrected chi connectivity index (χ4v) is 5.93. The van der Waals surface area contributed by atoms with Gasteiger partial charge < -0.3 is 10.2 Å². The normalized spacial score (nSPS) is 12.6. The lowest BCUT2D eigenvalue weighted by Crippen LogP contribution is -2.25. The zero-order valence-corrected chi connectivity index (χ0v) is 26.8. The average Bonchev–Trinajstić information content (AvgIpc) is 3.05. The molecule has 0 fully saturated rings. The van der Waals surface area contributed by atoms with E-state index in [0.29, 0.717) is 27.9 Å². The van der Waals surface area contributed by atoms with E-state index in [1.807, 2.05) is 43.1 Å². The zero-order chi connectivity index (χ0) is 32.2. The van der Waals surface area contributed by atoms with Gasteiger partial charge in [-0.25, -0.2) is 13.2 Å². The van der Waals surface area contributed by atoms with Crippen LogP contribution < -0.4 is 10.2 Å². The number of aromatic nitrogens is 1. The van der Waals surface area contributed by atoms with Crippen LogP contribution in [-0.4, -0.2) is 12.0 Å². The Morgan fingerprint density at radius 1 is 0.711 bits per heavy atom. The summed E-state index contributed by atoms with van der Waals surface area (Å²) in [5, 5.41) is 3.73. The minimum atomic E-state index is -0.435. The Morgan fingerprint density at radius 2 is 1.27 bits per heavy atom. The third kappa shape index (κ3) is 6.90. The third-order valence-electron chi connectivity index (χ3n) is 8.56. The Hall–Kier alpha value is -4.58. The molecule has 0 amide bonds. The van der Waals surface area contributed by atoms with E-state index in [1.165, 1.54) is 52.7 Å². The molecule has 232 valence electrons. The van der Waals surface area contributed by atoms with Crippen molar-refractivity contribution in [2.24, 2.45) is 0 Å². The lowest BCUT2D eigenvalue weighted by Gasteiger charge is -2.30. The van der Waals surface area contributed by atoms with Gasteiger partial charge in [0.2, 0.25) is 0 Å². The summed E-state index contributed by atoms with van der Waals surface area (Å²) in [6, 6.07) is 25.4. The monoisotopic (exact) mass is 607 g/mol. The van der Waals surface area contributed by atoms with Crippen LogP contribution in [-0.2, 0) is 12.8 Å².